The van der Waals surface area contributed by atoms with Gasteiger partial charge in [0.05, 0.1) is 19.6 Å². The number of carbonyl (C=O) groups excluding carboxylic acids is 3. The number of ketones is 1. The molecule has 0 radical (unpaired) electrons. The Morgan fingerprint density at radius 3 is 2.32 bits per heavy atom. The van der Waals surface area contributed by atoms with E-state index < -0.39 is 29.4 Å². The van der Waals surface area contributed by atoms with Gasteiger partial charge < -0.3 is 14.4 Å². The average molecular weight is 430 g/mol. The maximum atomic E-state index is 13.9. The lowest BCUT2D eigenvalue weighted by Gasteiger charge is -2.35. The number of ether oxygens (including phenoxy) is 2. The third-order valence-electron chi connectivity index (χ3n) is 6.57. The quantitative estimate of drug-likeness (QED) is 0.652. The summed E-state index contributed by atoms with van der Waals surface area (Å²) in [5.74, 6) is -1.03. The maximum Gasteiger partial charge on any atom is 0.329 e. The molecule has 1 saturated carbocycles. The molecule has 3 atom stereocenters. The molecule has 1 aliphatic heterocycles. The van der Waals surface area contributed by atoms with E-state index in [-0.39, 0.29) is 24.2 Å². The summed E-state index contributed by atoms with van der Waals surface area (Å²) in [6.45, 7) is 7.76. The number of hydrogen-bond acceptors (Lipinski definition) is 5. The second-order valence-corrected chi connectivity index (χ2v) is 9.67. The van der Waals surface area contributed by atoms with Crippen molar-refractivity contribution in [3.8, 4) is 5.75 Å². The number of methoxy groups -OCH3 is 1. The molecule has 6 nitrogen and oxygen atoms in total. The monoisotopic (exact) mass is 429 g/mol. The van der Waals surface area contributed by atoms with Gasteiger partial charge in [-0.1, -0.05) is 58.2 Å². The smallest absolute Gasteiger partial charge is 0.329 e. The largest absolute Gasteiger partial charge is 0.496 e. The number of amides is 1. The van der Waals surface area contributed by atoms with Crippen molar-refractivity contribution in [2.24, 2.45) is 17.3 Å². The first-order valence-corrected chi connectivity index (χ1v) is 11.4. The van der Waals surface area contributed by atoms with Crippen LogP contribution >= 0.6 is 0 Å². The van der Waals surface area contributed by atoms with Gasteiger partial charge in [0, 0.05) is 11.5 Å². The second-order valence-electron chi connectivity index (χ2n) is 9.67. The molecule has 1 aliphatic carbocycles. The Hall–Kier alpha value is -2.37. The molecule has 1 saturated heterocycles. The highest BCUT2D eigenvalue weighted by molar-refractivity contribution is 6.02. The summed E-state index contributed by atoms with van der Waals surface area (Å²) in [7, 11) is 1.55. The van der Waals surface area contributed by atoms with Crippen molar-refractivity contribution in [2.45, 2.75) is 71.9 Å². The first kappa shape index (κ1) is 23.3. The molecule has 3 rings (SSSR count). The summed E-state index contributed by atoms with van der Waals surface area (Å²) in [5, 5.41) is 0. The highest BCUT2D eigenvalue weighted by Gasteiger charge is 2.59. The summed E-state index contributed by atoms with van der Waals surface area (Å²) < 4.78 is 10.9. The predicted molar refractivity (Wildman–Crippen MR) is 118 cm³/mol. The molecule has 1 aromatic rings. The molecule has 0 N–H and O–H groups in total. The van der Waals surface area contributed by atoms with Crippen LogP contribution in [0.1, 0.15) is 71.4 Å². The Kier molecular flexibility index (Phi) is 7.07. The van der Waals surface area contributed by atoms with Gasteiger partial charge >= 0.3 is 5.97 Å². The standard InChI is InChI=1S/C25H35NO5/c1-6-31-24(29)21-19(25(2,3)4)22(27)20(17-14-10-11-15-18(17)30-5)26(21)23(28)16-12-8-7-9-13-16/h10-11,14-16,19-21H,6-9,12-13H2,1-5H3/t19-,20+,21+/m0/s1. The molecule has 0 spiro atoms. The van der Waals surface area contributed by atoms with Crippen LogP contribution < -0.4 is 4.74 Å². The molecule has 1 heterocycles. The van der Waals surface area contributed by atoms with E-state index in [2.05, 4.69) is 0 Å². The van der Waals surface area contributed by atoms with E-state index in [0.29, 0.717) is 11.3 Å². The SMILES string of the molecule is CCOC(=O)[C@H]1[C@H](C(C)(C)C)C(=O)[C@@H](c2ccccc2OC)N1C(=O)C1CCCCC1. The zero-order chi connectivity index (χ0) is 22.8. The number of nitrogens with zero attached hydrogens (tertiary/aromatic N) is 1. The van der Waals surface area contributed by atoms with Crippen molar-refractivity contribution in [1.29, 1.82) is 0 Å². The summed E-state index contributed by atoms with van der Waals surface area (Å²) in [6, 6.07) is 5.48. The molecule has 0 aromatic heterocycles. The highest BCUT2D eigenvalue weighted by Crippen LogP contribution is 2.48. The zero-order valence-electron chi connectivity index (χ0n) is 19.3. The van der Waals surface area contributed by atoms with Crippen molar-refractivity contribution in [1.82, 2.24) is 4.90 Å². The molecular formula is C25H35NO5. The van der Waals surface area contributed by atoms with Crippen LogP contribution in [-0.2, 0) is 19.1 Å². The number of esters is 1. The number of likely N-dealkylation sites (tertiary alicyclic amines) is 1. The van der Waals surface area contributed by atoms with Crippen LogP contribution in [0.2, 0.25) is 0 Å². The Morgan fingerprint density at radius 2 is 1.74 bits per heavy atom. The topological polar surface area (TPSA) is 72.9 Å². The number of Topliss-reactive ketones (excluding diaryl/α,β-unsaturated/α-hetero) is 1. The molecule has 0 unspecified atom stereocenters. The molecule has 2 fully saturated rings. The van der Waals surface area contributed by atoms with E-state index in [4.69, 9.17) is 9.47 Å². The van der Waals surface area contributed by atoms with Crippen molar-refractivity contribution in [2.75, 3.05) is 13.7 Å². The zero-order valence-corrected chi connectivity index (χ0v) is 19.3. The molecule has 0 bridgehead atoms. The Morgan fingerprint density at radius 1 is 1.10 bits per heavy atom. The van der Waals surface area contributed by atoms with E-state index in [1.807, 2.05) is 39.0 Å². The fourth-order valence-electron chi connectivity index (χ4n) is 5.18. The summed E-state index contributed by atoms with van der Waals surface area (Å²) in [5.41, 5.74) is 0.108. The van der Waals surface area contributed by atoms with E-state index in [1.165, 1.54) is 0 Å². The Balaban J connectivity index is 2.16. The van der Waals surface area contributed by atoms with Gasteiger partial charge in [-0.2, -0.15) is 0 Å². The molecular weight excluding hydrogens is 394 g/mol. The summed E-state index contributed by atoms with van der Waals surface area (Å²) >= 11 is 0. The number of rotatable bonds is 5. The molecule has 6 heteroatoms. The lowest BCUT2D eigenvalue weighted by molar-refractivity contribution is -0.158. The van der Waals surface area contributed by atoms with Gasteiger partial charge in [-0.15, -0.1) is 0 Å². The van der Waals surface area contributed by atoms with Crippen LogP contribution in [0.25, 0.3) is 0 Å². The van der Waals surface area contributed by atoms with Crippen molar-refractivity contribution < 1.29 is 23.9 Å². The minimum absolute atomic E-state index is 0.117. The van der Waals surface area contributed by atoms with Crippen LogP contribution in [0.5, 0.6) is 5.75 Å². The summed E-state index contributed by atoms with van der Waals surface area (Å²) in [4.78, 5) is 42.4. The average Bonchev–Trinajstić information content (AvgIpc) is 3.07. The van der Waals surface area contributed by atoms with Gasteiger partial charge in [0.1, 0.15) is 17.8 Å². The Labute approximate surface area is 185 Å². The van der Waals surface area contributed by atoms with Crippen LogP contribution in [0.3, 0.4) is 0 Å². The fraction of sp³-hybridized carbons (Fsp3) is 0.640. The third-order valence-corrected chi connectivity index (χ3v) is 6.57. The lowest BCUT2D eigenvalue weighted by Crippen LogP contribution is -2.49. The minimum atomic E-state index is -0.934. The van der Waals surface area contributed by atoms with Gasteiger partial charge in [0.25, 0.3) is 0 Å². The van der Waals surface area contributed by atoms with E-state index in [9.17, 15) is 14.4 Å². The van der Waals surface area contributed by atoms with E-state index in [0.717, 1.165) is 32.1 Å². The maximum absolute atomic E-state index is 13.9. The number of benzene rings is 1. The Bertz CT molecular complexity index is 821. The predicted octanol–water partition coefficient (Wildman–Crippen LogP) is 4.32. The fourth-order valence-corrected chi connectivity index (χ4v) is 5.18. The van der Waals surface area contributed by atoms with Crippen LogP contribution in [0.15, 0.2) is 24.3 Å². The first-order valence-electron chi connectivity index (χ1n) is 11.4. The van der Waals surface area contributed by atoms with Gasteiger partial charge in [-0.3, -0.25) is 9.59 Å². The van der Waals surface area contributed by atoms with Crippen molar-refractivity contribution in [3.63, 3.8) is 0 Å². The normalized spacial score (nSPS) is 24.9. The molecule has 1 aromatic carbocycles. The molecule has 31 heavy (non-hydrogen) atoms. The third kappa shape index (κ3) is 4.48. The van der Waals surface area contributed by atoms with Crippen molar-refractivity contribution in [3.05, 3.63) is 29.8 Å². The van der Waals surface area contributed by atoms with Crippen LogP contribution in [-0.4, -0.2) is 42.3 Å². The van der Waals surface area contributed by atoms with Gasteiger partial charge in [0.2, 0.25) is 5.91 Å². The van der Waals surface area contributed by atoms with E-state index >= 15 is 0 Å². The molecule has 2 aliphatic rings. The summed E-state index contributed by atoms with van der Waals surface area (Å²) in [6.07, 6.45) is 4.68. The number of para-hydroxylation sites is 1. The minimum Gasteiger partial charge on any atom is -0.496 e. The molecule has 170 valence electrons. The van der Waals surface area contributed by atoms with Gasteiger partial charge in [-0.25, -0.2) is 4.79 Å². The molecule has 1 amide bonds. The van der Waals surface area contributed by atoms with E-state index in [1.54, 1.807) is 25.0 Å². The van der Waals surface area contributed by atoms with Crippen LogP contribution in [0.4, 0.5) is 0 Å². The lowest BCUT2D eigenvalue weighted by atomic mass is 9.74. The van der Waals surface area contributed by atoms with Gasteiger partial charge in [0.15, 0.2) is 5.78 Å². The second kappa shape index (κ2) is 9.41. The first-order chi connectivity index (χ1) is 14.7. The van der Waals surface area contributed by atoms with Crippen molar-refractivity contribution >= 4 is 17.7 Å². The number of hydrogen-bond donors (Lipinski definition) is 0. The van der Waals surface area contributed by atoms with Gasteiger partial charge in [-0.05, 0) is 31.2 Å². The highest BCUT2D eigenvalue weighted by atomic mass is 16.5. The number of carbonyl (C=O) groups is 3. The van der Waals surface area contributed by atoms with Crippen LogP contribution in [0, 0.1) is 17.3 Å².